The van der Waals surface area contributed by atoms with Gasteiger partial charge in [-0.25, -0.2) is 0 Å². The van der Waals surface area contributed by atoms with Gasteiger partial charge in [0.25, 0.3) is 11.8 Å². The number of benzene rings is 3. The predicted molar refractivity (Wildman–Crippen MR) is 176 cm³/mol. The van der Waals surface area contributed by atoms with Gasteiger partial charge < -0.3 is 14.8 Å². The van der Waals surface area contributed by atoms with Gasteiger partial charge in [-0.1, -0.05) is 38.1 Å². The first-order valence-electron chi connectivity index (χ1n) is 16.0. The molecule has 4 aromatic rings. The van der Waals surface area contributed by atoms with Crippen LogP contribution in [-0.2, 0) is 15.0 Å². The lowest BCUT2D eigenvalue weighted by atomic mass is 9.78. The van der Waals surface area contributed by atoms with Crippen molar-refractivity contribution < 1.29 is 28.7 Å². The highest BCUT2D eigenvalue weighted by atomic mass is 16.5. The molecule has 1 aromatic heterocycles. The molecule has 0 radical (unpaired) electrons. The number of amides is 4. The quantitative estimate of drug-likeness (QED) is 0.237. The van der Waals surface area contributed by atoms with Gasteiger partial charge in [0.2, 0.25) is 17.5 Å². The van der Waals surface area contributed by atoms with E-state index in [2.05, 4.69) is 46.8 Å². The number of hydrogen-bond acceptors (Lipinski definition) is 10. The van der Waals surface area contributed by atoms with E-state index in [1.165, 1.54) is 6.20 Å². The molecule has 2 fully saturated rings. The molecule has 3 heterocycles. The number of piperidine rings is 1. The number of ether oxygens (including phenoxy) is 2. The summed E-state index contributed by atoms with van der Waals surface area (Å²) in [5, 5.41) is 22.4. The summed E-state index contributed by atoms with van der Waals surface area (Å²) in [5.74, 6) is -0.358. The molecular formula is C37H32N6O6. The van der Waals surface area contributed by atoms with E-state index in [-0.39, 0.29) is 47.2 Å². The normalized spacial score (nSPS) is 20.2. The summed E-state index contributed by atoms with van der Waals surface area (Å²) in [4.78, 5) is 51.0. The molecule has 7 rings (SSSR count). The van der Waals surface area contributed by atoms with Crippen molar-refractivity contribution in [2.75, 3.05) is 5.32 Å². The highest BCUT2D eigenvalue weighted by Gasteiger charge is 2.44. The van der Waals surface area contributed by atoms with E-state index >= 15 is 0 Å². The first-order valence-corrected chi connectivity index (χ1v) is 16.0. The average molecular weight is 657 g/mol. The van der Waals surface area contributed by atoms with Crippen LogP contribution in [0.5, 0.6) is 17.2 Å². The molecule has 49 heavy (non-hydrogen) atoms. The Bertz CT molecular complexity index is 2010. The first kappa shape index (κ1) is 31.5. The third-order valence-electron chi connectivity index (χ3n) is 9.38. The SMILES string of the molecule is CC(C)(c1ccc(Oc2ccnnc2C#N)cc1)c1ccc(OC2CC(Nc3ccc4c(c3)C(=O)N(C3CCC(=O)NC3=O)C4=O)C2)cc1. The Balaban J connectivity index is 0.923. The smallest absolute Gasteiger partial charge is 0.262 e. The maximum atomic E-state index is 13.1. The van der Waals surface area contributed by atoms with E-state index in [1.54, 1.807) is 24.3 Å². The molecule has 12 nitrogen and oxygen atoms in total. The Morgan fingerprint density at radius 1 is 0.898 bits per heavy atom. The lowest BCUT2D eigenvalue weighted by molar-refractivity contribution is -0.136. The van der Waals surface area contributed by atoms with Gasteiger partial charge in [-0.3, -0.25) is 29.4 Å². The van der Waals surface area contributed by atoms with Crippen LogP contribution >= 0.6 is 0 Å². The van der Waals surface area contributed by atoms with Gasteiger partial charge >= 0.3 is 0 Å². The number of rotatable bonds is 9. The fourth-order valence-electron chi connectivity index (χ4n) is 6.43. The third-order valence-corrected chi connectivity index (χ3v) is 9.38. The molecule has 0 bridgehead atoms. The second-order valence-corrected chi connectivity index (χ2v) is 12.9. The minimum atomic E-state index is -0.991. The summed E-state index contributed by atoms with van der Waals surface area (Å²) in [5.41, 5.74) is 3.25. The summed E-state index contributed by atoms with van der Waals surface area (Å²) < 4.78 is 12.1. The number of hydrogen-bond donors (Lipinski definition) is 2. The molecule has 1 aliphatic carbocycles. The van der Waals surface area contributed by atoms with Crippen molar-refractivity contribution >= 4 is 29.3 Å². The van der Waals surface area contributed by atoms with Gasteiger partial charge in [-0.2, -0.15) is 10.4 Å². The van der Waals surface area contributed by atoms with Gasteiger partial charge in [-0.15, -0.1) is 5.10 Å². The molecule has 3 aliphatic rings. The molecule has 2 aliphatic heterocycles. The van der Waals surface area contributed by atoms with Crippen LogP contribution < -0.4 is 20.1 Å². The van der Waals surface area contributed by atoms with Crippen LogP contribution in [0.4, 0.5) is 5.69 Å². The van der Waals surface area contributed by atoms with Gasteiger partial charge in [0, 0.05) is 42.5 Å². The molecular weight excluding hydrogens is 624 g/mol. The minimum absolute atomic E-state index is 0.0294. The summed E-state index contributed by atoms with van der Waals surface area (Å²) in [6, 6.07) is 23.6. The van der Waals surface area contributed by atoms with Crippen LogP contribution in [0.2, 0.25) is 0 Å². The Morgan fingerprint density at radius 2 is 1.57 bits per heavy atom. The topological polar surface area (TPSA) is 164 Å². The van der Waals surface area contributed by atoms with E-state index in [9.17, 15) is 24.4 Å². The Hall–Kier alpha value is -6.09. The third kappa shape index (κ3) is 6.07. The monoisotopic (exact) mass is 656 g/mol. The number of anilines is 1. The Labute approximate surface area is 282 Å². The molecule has 1 saturated heterocycles. The van der Waals surface area contributed by atoms with E-state index in [0.717, 1.165) is 34.6 Å². The summed E-state index contributed by atoms with van der Waals surface area (Å²) >= 11 is 0. The number of nitrogens with zero attached hydrogens (tertiary/aromatic N) is 4. The predicted octanol–water partition coefficient (Wildman–Crippen LogP) is 4.89. The van der Waals surface area contributed by atoms with Crippen LogP contribution in [-0.4, -0.2) is 56.9 Å². The Kier molecular flexibility index (Phi) is 8.04. The maximum Gasteiger partial charge on any atom is 0.262 e. The van der Waals surface area contributed by atoms with Crippen LogP contribution in [0.15, 0.2) is 79.0 Å². The summed E-state index contributed by atoms with van der Waals surface area (Å²) in [7, 11) is 0. The standard InChI is InChI=1S/C37H32N6O6/c1-37(2,22-5-10-26(11-6-22)49-32-15-16-39-42-30(32)20-38)21-3-8-25(9-4-21)48-27-17-24(18-27)40-23-7-12-28-29(19-23)36(47)43(35(28)46)31-13-14-33(44)41-34(31)45/h3-12,15-16,19,24,27,31,40H,13-14,17-18H2,1-2H3,(H,41,44,45). The van der Waals surface area contributed by atoms with Gasteiger partial charge in [0.15, 0.2) is 5.75 Å². The van der Waals surface area contributed by atoms with Crippen molar-refractivity contribution in [3.8, 4) is 23.3 Å². The number of aromatic nitrogens is 2. The van der Waals surface area contributed by atoms with E-state index in [1.807, 2.05) is 42.5 Å². The summed E-state index contributed by atoms with van der Waals surface area (Å²) in [6.45, 7) is 4.30. The molecule has 12 heteroatoms. The van der Waals surface area contributed by atoms with Gasteiger partial charge in [0.1, 0.15) is 29.7 Å². The lowest BCUT2D eigenvalue weighted by Crippen LogP contribution is -2.54. The average Bonchev–Trinajstić information content (AvgIpc) is 3.32. The number of nitrogens with one attached hydrogen (secondary N) is 2. The zero-order chi connectivity index (χ0) is 34.3. The largest absolute Gasteiger partial charge is 0.490 e. The van der Waals surface area contributed by atoms with Crippen molar-refractivity contribution in [3.05, 3.63) is 107 Å². The minimum Gasteiger partial charge on any atom is -0.490 e. The highest BCUT2D eigenvalue weighted by Crippen LogP contribution is 2.36. The van der Waals surface area contributed by atoms with Crippen molar-refractivity contribution in [1.82, 2.24) is 20.4 Å². The molecule has 3 aromatic carbocycles. The van der Waals surface area contributed by atoms with Crippen molar-refractivity contribution in [1.29, 1.82) is 5.26 Å². The maximum absolute atomic E-state index is 13.1. The lowest BCUT2D eigenvalue weighted by Gasteiger charge is -2.36. The highest BCUT2D eigenvalue weighted by molar-refractivity contribution is 6.23. The van der Waals surface area contributed by atoms with Crippen LogP contribution in [0.3, 0.4) is 0 Å². The van der Waals surface area contributed by atoms with Gasteiger partial charge in [-0.05, 0) is 60.0 Å². The van der Waals surface area contributed by atoms with E-state index in [0.29, 0.717) is 17.2 Å². The zero-order valence-electron chi connectivity index (χ0n) is 26.8. The van der Waals surface area contributed by atoms with Crippen molar-refractivity contribution in [2.45, 2.75) is 63.1 Å². The number of imide groups is 2. The van der Waals surface area contributed by atoms with Crippen LogP contribution in [0.1, 0.15) is 77.1 Å². The molecule has 4 amide bonds. The number of carbonyl (C=O) groups is 4. The molecule has 0 spiro atoms. The molecule has 1 atom stereocenters. The molecule has 246 valence electrons. The van der Waals surface area contributed by atoms with E-state index < -0.39 is 29.7 Å². The zero-order valence-corrected chi connectivity index (χ0v) is 26.8. The number of fused-ring (bicyclic) bond motifs is 1. The van der Waals surface area contributed by atoms with Crippen molar-refractivity contribution in [3.63, 3.8) is 0 Å². The van der Waals surface area contributed by atoms with Crippen LogP contribution in [0, 0.1) is 11.3 Å². The van der Waals surface area contributed by atoms with Gasteiger partial charge in [0.05, 0.1) is 17.3 Å². The van der Waals surface area contributed by atoms with E-state index in [4.69, 9.17) is 9.47 Å². The Morgan fingerprint density at radius 3 is 2.24 bits per heavy atom. The number of nitriles is 1. The second kappa shape index (κ2) is 12.5. The molecule has 1 saturated carbocycles. The molecule has 1 unspecified atom stereocenters. The molecule has 2 N–H and O–H groups in total. The van der Waals surface area contributed by atoms with Crippen molar-refractivity contribution in [2.24, 2.45) is 0 Å². The van der Waals surface area contributed by atoms with Crippen LogP contribution in [0.25, 0.3) is 0 Å². The second-order valence-electron chi connectivity index (χ2n) is 12.9. The fraction of sp³-hybridized carbons (Fsp3) is 0.270. The first-order chi connectivity index (χ1) is 23.6. The summed E-state index contributed by atoms with van der Waals surface area (Å²) in [6.07, 6.45) is 3.23. The fourth-order valence-corrected chi connectivity index (χ4v) is 6.43. The number of carbonyl (C=O) groups excluding carboxylic acids is 4.